The molecule has 0 bridgehead atoms. The predicted octanol–water partition coefficient (Wildman–Crippen LogP) is 3.70. The summed E-state index contributed by atoms with van der Waals surface area (Å²) in [5.74, 6) is 2.61. The van der Waals surface area contributed by atoms with E-state index in [1.165, 1.54) is 30.5 Å². The van der Waals surface area contributed by atoms with Gasteiger partial charge in [0.1, 0.15) is 5.76 Å². The van der Waals surface area contributed by atoms with E-state index in [1.54, 1.807) is 6.26 Å². The molecule has 2 aromatic rings. The molecule has 0 atom stereocenters. The van der Waals surface area contributed by atoms with E-state index >= 15 is 0 Å². The van der Waals surface area contributed by atoms with Gasteiger partial charge in [0.05, 0.1) is 12.8 Å². The van der Waals surface area contributed by atoms with Crippen LogP contribution < -0.4 is 10.6 Å². The average molecular weight is 426 g/mol. The summed E-state index contributed by atoms with van der Waals surface area (Å²) in [6, 6.07) is 13.1. The minimum Gasteiger partial charge on any atom is -0.468 e. The number of guanidine groups is 1. The lowest BCUT2D eigenvalue weighted by atomic mass is 10.0. The summed E-state index contributed by atoms with van der Waals surface area (Å²) in [6.07, 6.45) is 4.07. The van der Waals surface area contributed by atoms with E-state index < -0.39 is 0 Å². The Balaban J connectivity index is 1.48. The van der Waals surface area contributed by atoms with Crippen molar-refractivity contribution < 1.29 is 4.42 Å². The summed E-state index contributed by atoms with van der Waals surface area (Å²) in [5, 5.41) is 7.15. The van der Waals surface area contributed by atoms with Gasteiger partial charge in [-0.3, -0.25) is 9.89 Å². The second kappa shape index (κ2) is 11.9. The van der Waals surface area contributed by atoms with Crippen LogP contribution in [0.1, 0.15) is 43.6 Å². The molecule has 0 amide bonds. The van der Waals surface area contributed by atoms with Crippen molar-refractivity contribution in [1.29, 1.82) is 0 Å². The van der Waals surface area contributed by atoms with Gasteiger partial charge in [0, 0.05) is 45.8 Å². The molecule has 0 saturated carbocycles. The van der Waals surface area contributed by atoms with Crippen molar-refractivity contribution in [1.82, 2.24) is 20.4 Å². The Hall–Kier alpha value is -2.31. The third-order valence-electron chi connectivity index (χ3n) is 5.79. The topological polar surface area (TPSA) is 56.0 Å². The number of nitrogens with one attached hydrogen (secondary N) is 2. The maximum Gasteiger partial charge on any atom is 0.191 e. The molecule has 31 heavy (non-hydrogen) atoms. The van der Waals surface area contributed by atoms with Crippen LogP contribution in [0.2, 0.25) is 0 Å². The second-order valence-corrected chi connectivity index (χ2v) is 9.06. The number of piperidine rings is 1. The molecular weight excluding hydrogens is 386 g/mol. The largest absolute Gasteiger partial charge is 0.468 e. The molecule has 0 unspecified atom stereocenters. The minimum absolute atomic E-state index is 0.490. The summed E-state index contributed by atoms with van der Waals surface area (Å²) in [6.45, 7) is 10.6. The molecule has 6 nitrogen and oxygen atoms in total. The van der Waals surface area contributed by atoms with Crippen molar-refractivity contribution in [3.8, 4) is 0 Å². The summed E-state index contributed by atoms with van der Waals surface area (Å²) in [5.41, 5.74) is 2.62. The van der Waals surface area contributed by atoms with E-state index in [4.69, 9.17) is 4.42 Å². The molecule has 0 aliphatic carbocycles. The van der Waals surface area contributed by atoms with E-state index in [9.17, 15) is 0 Å². The van der Waals surface area contributed by atoms with Crippen LogP contribution in [0.3, 0.4) is 0 Å². The SMILES string of the molecule is CN=C(NCc1ccccc1CN(C)Cc1ccco1)NC1CCN(CC(C)C)CC1. The predicted molar refractivity (Wildman–Crippen MR) is 128 cm³/mol. The molecule has 1 aromatic heterocycles. The first-order chi connectivity index (χ1) is 15.0. The number of benzene rings is 1. The van der Waals surface area contributed by atoms with Gasteiger partial charge in [0.25, 0.3) is 0 Å². The van der Waals surface area contributed by atoms with E-state index in [-0.39, 0.29) is 0 Å². The van der Waals surface area contributed by atoms with Crippen molar-refractivity contribution in [2.24, 2.45) is 10.9 Å². The maximum atomic E-state index is 5.48. The standard InChI is InChI=1S/C25H39N5O/c1-20(2)17-30-13-11-23(12-14-30)28-25(26-3)27-16-21-8-5-6-9-22(21)18-29(4)19-24-10-7-15-31-24/h5-10,15,20,23H,11-14,16-19H2,1-4H3,(H2,26,27,28). The zero-order valence-corrected chi connectivity index (χ0v) is 19.6. The lowest BCUT2D eigenvalue weighted by Crippen LogP contribution is -2.49. The molecule has 0 spiro atoms. The highest BCUT2D eigenvalue weighted by atomic mass is 16.3. The van der Waals surface area contributed by atoms with Crippen molar-refractivity contribution in [3.63, 3.8) is 0 Å². The fourth-order valence-corrected chi connectivity index (χ4v) is 4.24. The van der Waals surface area contributed by atoms with Crippen LogP contribution in [0.5, 0.6) is 0 Å². The Morgan fingerprint density at radius 2 is 1.87 bits per heavy atom. The number of rotatable bonds is 9. The summed E-state index contributed by atoms with van der Waals surface area (Å²) >= 11 is 0. The number of likely N-dealkylation sites (tertiary alicyclic amines) is 1. The molecule has 1 aliphatic heterocycles. The van der Waals surface area contributed by atoms with Gasteiger partial charge in [0.2, 0.25) is 0 Å². The van der Waals surface area contributed by atoms with Crippen LogP contribution in [0.25, 0.3) is 0 Å². The van der Waals surface area contributed by atoms with E-state index in [2.05, 4.69) is 70.6 Å². The Kier molecular flexibility index (Phi) is 8.98. The zero-order chi connectivity index (χ0) is 22.1. The maximum absolute atomic E-state index is 5.48. The van der Waals surface area contributed by atoms with Gasteiger partial charge in [-0.2, -0.15) is 0 Å². The molecular formula is C25H39N5O. The third kappa shape index (κ3) is 7.71. The first-order valence-corrected chi connectivity index (χ1v) is 11.5. The smallest absolute Gasteiger partial charge is 0.191 e. The van der Waals surface area contributed by atoms with Crippen LogP contribution in [0.4, 0.5) is 0 Å². The molecule has 6 heteroatoms. The van der Waals surface area contributed by atoms with Crippen LogP contribution >= 0.6 is 0 Å². The Bertz CT molecular complexity index is 794. The second-order valence-electron chi connectivity index (χ2n) is 9.06. The van der Waals surface area contributed by atoms with Crippen molar-refractivity contribution in [2.45, 2.75) is 52.4 Å². The third-order valence-corrected chi connectivity index (χ3v) is 5.79. The number of hydrogen-bond acceptors (Lipinski definition) is 4. The van der Waals surface area contributed by atoms with E-state index in [0.29, 0.717) is 6.04 Å². The quantitative estimate of drug-likeness (QED) is 0.474. The van der Waals surface area contributed by atoms with Crippen molar-refractivity contribution >= 4 is 5.96 Å². The van der Waals surface area contributed by atoms with Crippen molar-refractivity contribution in [3.05, 3.63) is 59.5 Å². The normalized spacial score (nSPS) is 16.3. The molecule has 2 heterocycles. The summed E-state index contributed by atoms with van der Waals surface area (Å²) in [7, 11) is 3.98. The summed E-state index contributed by atoms with van der Waals surface area (Å²) in [4.78, 5) is 9.31. The number of nitrogens with zero attached hydrogens (tertiary/aromatic N) is 3. The average Bonchev–Trinajstić information content (AvgIpc) is 3.25. The van der Waals surface area contributed by atoms with E-state index in [0.717, 1.165) is 50.4 Å². The fraction of sp³-hybridized carbons (Fsp3) is 0.560. The highest BCUT2D eigenvalue weighted by Crippen LogP contribution is 2.14. The molecule has 3 rings (SSSR count). The van der Waals surface area contributed by atoms with Crippen LogP contribution in [-0.2, 0) is 19.6 Å². The number of hydrogen-bond donors (Lipinski definition) is 2. The molecule has 0 radical (unpaired) electrons. The lowest BCUT2D eigenvalue weighted by molar-refractivity contribution is 0.187. The highest BCUT2D eigenvalue weighted by molar-refractivity contribution is 5.80. The van der Waals surface area contributed by atoms with Gasteiger partial charge in [-0.1, -0.05) is 38.1 Å². The minimum atomic E-state index is 0.490. The molecule has 1 aliphatic rings. The van der Waals surface area contributed by atoms with Crippen molar-refractivity contribution in [2.75, 3.05) is 33.7 Å². The Morgan fingerprint density at radius 3 is 2.52 bits per heavy atom. The Morgan fingerprint density at radius 1 is 1.13 bits per heavy atom. The first kappa shape index (κ1) is 23.4. The number of aliphatic imine (C=N–C) groups is 1. The monoisotopic (exact) mass is 425 g/mol. The highest BCUT2D eigenvalue weighted by Gasteiger charge is 2.20. The lowest BCUT2D eigenvalue weighted by Gasteiger charge is -2.34. The zero-order valence-electron chi connectivity index (χ0n) is 19.6. The fourth-order valence-electron chi connectivity index (χ4n) is 4.24. The van der Waals surface area contributed by atoms with Gasteiger partial charge in [0.15, 0.2) is 5.96 Å². The molecule has 1 fully saturated rings. The van der Waals surface area contributed by atoms with Crippen LogP contribution in [-0.4, -0.2) is 55.5 Å². The molecule has 170 valence electrons. The molecule has 1 aromatic carbocycles. The molecule has 2 N–H and O–H groups in total. The Labute approximate surface area is 187 Å². The van der Waals surface area contributed by atoms with Gasteiger partial charge < -0.3 is 20.0 Å². The van der Waals surface area contributed by atoms with Crippen LogP contribution in [0.15, 0.2) is 52.1 Å². The van der Waals surface area contributed by atoms with Gasteiger partial charge in [-0.05, 0) is 49.1 Å². The molecule has 1 saturated heterocycles. The van der Waals surface area contributed by atoms with Crippen LogP contribution in [0, 0.1) is 5.92 Å². The first-order valence-electron chi connectivity index (χ1n) is 11.5. The number of furan rings is 1. The van der Waals surface area contributed by atoms with Gasteiger partial charge in [-0.15, -0.1) is 0 Å². The van der Waals surface area contributed by atoms with Gasteiger partial charge in [-0.25, -0.2) is 0 Å². The summed E-state index contributed by atoms with van der Waals surface area (Å²) < 4.78 is 5.48. The van der Waals surface area contributed by atoms with Gasteiger partial charge >= 0.3 is 0 Å². The van der Waals surface area contributed by atoms with E-state index in [1.807, 2.05) is 19.2 Å².